The number of halogens is 3. The second-order valence-electron chi connectivity index (χ2n) is 9.92. The highest BCUT2D eigenvalue weighted by Gasteiger charge is 2.31. The molecule has 10 heteroatoms. The number of benzene rings is 3. The molecule has 39 heavy (non-hydrogen) atoms. The number of ether oxygens (including phenoxy) is 3. The number of carbonyl (C=O) groups is 1. The van der Waals surface area contributed by atoms with Crippen LogP contribution in [0.15, 0.2) is 54.6 Å². The number of carbonyl (C=O) groups excluding carboxylic acids is 1. The number of ketones is 1. The number of nitrogens with zero attached hydrogens (tertiary/aromatic N) is 2. The summed E-state index contributed by atoms with van der Waals surface area (Å²) in [5, 5.41) is 3.52. The Bertz CT molecular complexity index is 1580. The number of Topliss-reactive ketones (excluding diaryl/α,β-unsaturated/α-hetero) is 1. The van der Waals surface area contributed by atoms with E-state index in [1.165, 1.54) is 6.07 Å². The maximum Gasteiger partial charge on any atom is 0.422 e. The summed E-state index contributed by atoms with van der Waals surface area (Å²) >= 11 is 0. The number of imidazole rings is 1. The Hall–Kier alpha value is -4.21. The minimum absolute atomic E-state index is 0.0808. The molecule has 1 aromatic heterocycles. The number of aromatic nitrogens is 2. The smallest absolute Gasteiger partial charge is 0.422 e. The van der Waals surface area contributed by atoms with Gasteiger partial charge in [0, 0.05) is 41.3 Å². The summed E-state index contributed by atoms with van der Waals surface area (Å²) in [6, 6.07) is 16.3. The molecule has 4 aromatic rings. The third-order valence-electron chi connectivity index (χ3n) is 7.00. The highest BCUT2D eigenvalue weighted by atomic mass is 19.4. The summed E-state index contributed by atoms with van der Waals surface area (Å²) < 4.78 is 56.9. The summed E-state index contributed by atoms with van der Waals surface area (Å²) in [7, 11) is 0. The van der Waals surface area contributed by atoms with Crippen molar-refractivity contribution in [2.75, 3.05) is 25.1 Å². The van der Waals surface area contributed by atoms with Crippen molar-refractivity contribution in [3.05, 3.63) is 71.5 Å². The van der Waals surface area contributed by atoms with Crippen LogP contribution in [0.5, 0.6) is 17.2 Å². The van der Waals surface area contributed by atoms with Gasteiger partial charge < -0.3 is 24.3 Å². The highest BCUT2D eigenvalue weighted by molar-refractivity contribution is 5.81. The number of anilines is 1. The molecule has 0 bridgehead atoms. The van der Waals surface area contributed by atoms with Gasteiger partial charge in [0.1, 0.15) is 35.5 Å². The van der Waals surface area contributed by atoms with Crippen molar-refractivity contribution in [2.24, 2.45) is 0 Å². The molecule has 3 heterocycles. The standard InChI is InChI=1S/C29H26F3N3O4/c1-16(36)10-18-13-37-27-11-19(6-8-21(18)27)34-24-14-38-28-22(24)4-3-5-25(28)35-17(2)33-23-9-7-20(12-26(23)35)39-15-29(30,31)32/h3-9,11-12,18,24,34H,10,13-15H2,1-2H3. The van der Waals surface area contributed by atoms with Gasteiger partial charge in [-0.25, -0.2) is 4.98 Å². The molecule has 7 nitrogen and oxygen atoms in total. The van der Waals surface area contributed by atoms with Gasteiger partial charge in [0.25, 0.3) is 0 Å². The molecule has 202 valence electrons. The SMILES string of the molecule is CC(=O)CC1COc2cc(NC3COc4c3cccc4-n3c(C)nc4ccc(OCC(F)(F)F)cc43)ccc21. The minimum Gasteiger partial charge on any atom is -0.493 e. The van der Waals surface area contributed by atoms with Gasteiger partial charge in [-0.1, -0.05) is 18.2 Å². The fourth-order valence-corrected chi connectivity index (χ4v) is 5.34. The maximum atomic E-state index is 12.7. The largest absolute Gasteiger partial charge is 0.493 e. The van der Waals surface area contributed by atoms with Crippen molar-refractivity contribution >= 4 is 22.5 Å². The topological polar surface area (TPSA) is 74.6 Å². The molecule has 0 fully saturated rings. The van der Waals surface area contributed by atoms with Crippen molar-refractivity contribution in [1.82, 2.24) is 9.55 Å². The first-order valence-corrected chi connectivity index (χ1v) is 12.6. The van der Waals surface area contributed by atoms with E-state index in [1.54, 1.807) is 19.1 Å². The molecule has 1 N–H and O–H groups in total. The van der Waals surface area contributed by atoms with E-state index in [1.807, 2.05) is 47.9 Å². The summed E-state index contributed by atoms with van der Waals surface area (Å²) in [5.74, 6) is 2.46. The van der Waals surface area contributed by atoms with Crippen LogP contribution in [0.3, 0.4) is 0 Å². The fraction of sp³-hybridized carbons (Fsp3) is 0.310. The quantitative estimate of drug-likeness (QED) is 0.299. The summed E-state index contributed by atoms with van der Waals surface area (Å²) in [5.41, 5.74) is 4.87. The van der Waals surface area contributed by atoms with Gasteiger partial charge >= 0.3 is 6.18 Å². The Labute approximate surface area is 222 Å². The fourth-order valence-electron chi connectivity index (χ4n) is 5.34. The van der Waals surface area contributed by atoms with Crippen LogP contribution in [-0.2, 0) is 4.79 Å². The second-order valence-corrected chi connectivity index (χ2v) is 9.92. The monoisotopic (exact) mass is 537 g/mol. The molecule has 0 saturated heterocycles. The summed E-state index contributed by atoms with van der Waals surface area (Å²) in [6.07, 6.45) is -3.97. The number of hydrogen-bond acceptors (Lipinski definition) is 6. The molecular formula is C29H26F3N3O4. The van der Waals surface area contributed by atoms with E-state index in [0.717, 1.165) is 28.3 Å². The Morgan fingerprint density at radius 2 is 1.95 bits per heavy atom. The zero-order chi connectivity index (χ0) is 27.3. The Morgan fingerprint density at radius 1 is 1.10 bits per heavy atom. The van der Waals surface area contributed by atoms with E-state index >= 15 is 0 Å². The van der Waals surface area contributed by atoms with Crippen LogP contribution in [-0.4, -0.2) is 41.3 Å². The van der Waals surface area contributed by atoms with Gasteiger partial charge in [-0.05, 0) is 38.1 Å². The number of nitrogens with one attached hydrogen (secondary N) is 1. The number of rotatable bonds is 7. The normalized spacial score (nSPS) is 17.9. The van der Waals surface area contributed by atoms with Crippen LogP contribution in [0, 0.1) is 6.92 Å². The molecule has 3 aromatic carbocycles. The van der Waals surface area contributed by atoms with Gasteiger partial charge in [0.05, 0.1) is 29.4 Å². The van der Waals surface area contributed by atoms with E-state index < -0.39 is 12.8 Å². The Balaban J connectivity index is 1.28. The second kappa shape index (κ2) is 9.52. The number of hydrogen-bond donors (Lipinski definition) is 1. The Morgan fingerprint density at radius 3 is 2.74 bits per heavy atom. The highest BCUT2D eigenvalue weighted by Crippen LogP contribution is 2.42. The van der Waals surface area contributed by atoms with E-state index in [0.29, 0.717) is 42.2 Å². The molecule has 0 radical (unpaired) electrons. The zero-order valence-corrected chi connectivity index (χ0v) is 21.3. The van der Waals surface area contributed by atoms with Crippen LogP contribution in [0.1, 0.15) is 42.3 Å². The maximum absolute atomic E-state index is 12.7. The molecule has 0 aliphatic carbocycles. The van der Waals surface area contributed by atoms with E-state index in [9.17, 15) is 18.0 Å². The zero-order valence-electron chi connectivity index (χ0n) is 21.3. The average Bonchev–Trinajstić information content (AvgIpc) is 3.57. The van der Waals surface area contributed by atoms with Crippen LogP contribution in [0.4, 0.5) is 18.9 Å². The van der Waals surface area contributed by atoms with Gasteiger partial charge in [-0.2, -0.15) is 13.2 Å². The number of para-hydroxylation sites is 1. The molecule has 2 atom stereocenters. The van der Waals surface area contributed by atoms with Crippen LogP contribution in [0.25, 0.3) is 16.7 Å². The lowest BCUT2D eigenvalue weighted by Gasteiger charge is -2.15. The van der Waals surface area contributed by atoms with Gasteiger partial charge in [-0.15, -0.1) is 0 Å². The molecule has 2 aliphatic heterocycles. The summed E-state index contributed by atoms with van der Waals surface area (Å²) in [4.78, 5) is 16.2. The third kappa shape index (κ3) is 4.86. The summed E-state index contributed by atoms with van der Waals surface area (Å²) in [6.45, 7) is 2.95. The molecule has 2 aliphatic rings. The van der Waals surface area contributed by atoms with Crippen molar-refractivity contribution < 1.29 is 32.2 Å². The molecule has 2 unspecified atom stereocenters. The lowest BCUT2D eigenvalue weighted by atomic mass is 9.96. The minimum atomic E-state index is -4.43. The lowest BCUT2D eigenvalue weighted by molar-refractivity contribution is -0.153. The number of aryl methyl sites for hydroxylation is 1. The van der Waals surface area contributed by atoms with E-state index in [-0.39, 0.29) is 23.5 Å². The Kier molecular flexibility index (Phi) is 6.12. The molecule has 0 spiro atoms. The predicted molar refractivity (Wildman–Crippen MR) is 139 cm³/mol. The molecule has 0 saturated carbocycles. The first-order valence-electron chi connectivity index (χ1n) is 12.6. The average molecular weight is 538 g/mol. The number of alkyl halides is 3. The predicted octanol–water partition coefficient (Wildman–Crippen LogP) is 6.28. The van der Waals surface area contributed by atoms with Gasteiger partial charge in [0.15, 0.2) is 6.61 Å². The molecular weight excluding hydrogens is 511 g/mol. The van der Waals surface area contributed by atoms with Crippen LogP contribution < -0.4 is 19.5 Å². The van der Waals surface area contributed by atoms with Crippen molar-refractivity contribution in [3.63, 3.8) is 0 Å². The molecule has 6 rings (SSSR count). The first kappa shape index (κ1) is 25.1. The lowest BCUT2D eigenvalue weighted by Crippen LogP contribution is -2.19. The van der Waals surface area contributed by atoms with Crippen LogP contribution >= 0.6 is 0 Å². The van der Waals surface area contributed by atoms with Crippen molar-refractivity contribution in [2.45, 2.75) is 38.4 Å². The van der Waals surface area contributed by atoms with Gasteiger partial charge in [0.2, 0.25) is 0 Å². The van der Waals surface area contributed by atoms with Crippen LogP contribution in [0.2, 0.25) is 0 Å². The number of fused-ring (bicyclic) bond motifs is 3. The third-order valence-corrected chi connectivity index (χ3v) is 7.00. The van der Waals surface area contributed by atoms with E-state index in [4.69, 9.17) is 14.2 Å². The molecule has 0 amide bonds. The van der Waals surface area contributed by atoms with Gasteiger partial charge in [-0.3, -0.25) is 4.57 Å². The van der Waals surface area contributed by atoms with Crippen molar-refractivity contribution in [3.8, 4) is 22.9 Å². The first-order chi connectivity index (χ1) is 18.7. The van der Waals surface area contributed by atoms with E-state index in [2.05, 4.69) is 10.3 Å². The van der Waals surface area contributed by atoms with Crippen molar-refractivity contribution in [1.29, 1.82) is 0 Å².